The zero-order chi connectivity index (χ0) is 18.0. The third-order valence-corrected chi connectivity index (χ3v) is 7.00. The summed E-state index contributed by atoms with van der Waals surface area (Å²) in [5, 5.41) is 13.0. The lowest BCUT2D eigenvalue weighted by Gasteiger charge is -2.36. The summed E-state index contributed by atoms with van der Waals surface area (Å²) in [6, 6.07) is 2.17. The van der Waals surface area contributed by atoms with Crippen LogP contribution in [0, 0.1) is 10.8 Å². The van der Waals surface area contributed by atoms with Gasteiger partial charge in [-0.15, -0.1) is 0 Å². The standard InChI is InChI=1S/C20H30N4O2/c25-14-9-20(17(26)23-16-5-2-1-3-6-16)15-19(20)7-12-24(13-8-19)18-21-10-4-11-22-18/h4,10-11,16,25H,1-3,5-9,12-15H2,(H,23,26)/t20-/m1/s1. The molecule has 0 aromatic carbocycles. The number of aliphatic hydroxyl groups is 1. The molecular weight excluding hydrogens is 328 g/mol. The van der Waals surface area contributed by atoms with Crippen molar-refractivity contribution < 1.29 is 9.90 Å². The summed E-state index contributed by atoms with van der Waals surface area (Å²) in [4.78, 5) is 24.1. The molecule has 26 heavy (non-hydrogen) atoms. The average Bonchev–Trinajstić information content (AvgIpc) is 3.31. The van der Waals surface area contributed by atoms with Crippen molar-refractivity contribution >= 4 is 11.9 Å². The van der Waals surface area contributed by atoms with E-state index in [0.717, 1.165) is 51.1 Å². The van der Waals surface area contributed by atoms with E-state index in [9.17, 15) is 9.90 Å². The number of carbonyl (C=O) groups excluding carboxylic acids is 1. The van der Waals surface area contributed by atoms with Gasteiger partial charge in [-0.3, -0.25) is 4.79 Å². The predicted octanol–water partition coefficient (Wildman–Crippen LogP) is 2.28. The van der Waals surface area contributed by atoms with Crippen LogP contribution in [-0.4, -0.2) is 46.7 Å². The van der Waals surface area contributed by atoms with Gasteiger partial charge < -0.3 is 15.3 Å². The molecule has 1 aliphatic heterocycles. The zero-order valence-corrected chi connectivity index (χ0v) is 15.5. The zero-order valence-electron chi connectivity index (χ0n) is 15.5. The van der Waals surface area contributed by atoms with Gasteiger partial charge >= 0.3 is 0 Å². The first-order chi connectivity index (χ1) is 12.7. The number of amides is 1. The van der Waals surface area contributed by atoms with E-state index >= 15 is 0 Å². The first-order valence-corrected chi connectivity index (χ1v) is 10.1. The third kappa shape index (κ3) is 3.08. The normalized spacial score (nSPS) is 28.1. The Balaban J connectivity index is 1.41. The van der Waals surface area contributed by atoms with E-state index in [1.54, 1.807) is 12.4 Å². The van der Waals surface area contributed by atoms with Gasteiger partial charge in [0, 0.05) is 38.1 Å². The second-order valence-corrected chi connectivity index (χ2v) is 8.36. The molecule has 2 heterocycles. The minimum absolute atomic E-state index is 0.0553. The number of nitrogens with zero attached hydrogens (tertiary/aromatic N) is 3. The summed E-state index contributed by atoms with van der Waals surface area (Å²) in [5.74, 6) is 0.977. The number of hydrogen-bond donors (Lipinski definition) is 2. The molecule has 1 aromatic rings. The molecule has 3 aliphatic rings. The highest BCUT2D eigenvalue weighted by Gasteiger charge is 2.70. The molecule has 1 atom stereocenters. The maximum Gasteiger partial charge on any atom is 0.227 e. The second-order valence-electron chi connectivity index (χ2n) is 8.36. The van der Waals surface area contributed by atoms with Crippen LogP contribution in [0.5, 0.6) is 0 Å². The highest BCUT2D eigenvalue weighted by molar-refractivity contribution is 5.87. The molecule has 1 saturated heterocycles. The van der Waals surface area contributed by atoms with Crippen molar-refractivity contribution in [2.24, 2.45) is 10.8 Å². The van der Waals surface area contributed by atoms with Gasteiger partial charge in [0.25, 0.3) is 0 Å². The molecule has 4 rings (SSSR count). The van der Waals surface area contributed by atoms with Crippen LogP contribution in [0.3, 0.4) is 0 Å². The number of piperidine rings is 1. The number of carbonyl (C=O) groups is 1. The van der Waals surface area contributed by atoms with Crippen molar-refractivity contribution in [1.82, 2.24) is 15.3 Å². The van der Waals surface area contributed by atoms with E-state index in [1.807, 2.05) is 6.07 Å². The molecule has 2 aliphatic carbocycles. The summed E-state index contributed by atoms with van der Waals surface area (Å²) in [6.07, 6.45) is 12.9. The van der Waals surface area contributed by atoms with E-state index in [2.05, 4.69) is 20.2 Å². The molecule has 1 amide bonds. The first kappa shape index (κ1) is 17.7. The van der Waals surface area contributed by atoms with Gasteiger partial charge in [-0.25, -0.2) is 9.97 Å². The maximum atomic E-state index is 13.1. The number of aliphatic hydroxyl groups excluding tert-OH is 1. The highest BCUT2D eigenvalue weighted by atomic mass is 16.3. The highest BCUT2D eigenvalue weighted by Crippen LogP contribution is 2.71. The fraction of sp³-hybridized carbons (Fsp3) is 0.750. The molecule has 0 bridgehead atoms. The Morgan fingerprint density at radius 1 is 1.19 bits per heavy atom. The molecule has 6 nitrogen and oxygen atoms in total. The minimum atomic E-state index is -0.358. The summed E-state index contributed by atoms with van der Waals surface area (Å²) >= 11 is 0. The van der Waals surface area contributed by atoms with Gasteiger partial charge in [0.05, 0.1) is 5.41 Å². The lowest BCUT2D eigenvalue weighted by molar-refractivity contribution is -0.129. The van der Waals surface area contributed by atoms with Crippen molar-refractivity contribution in [2.75, 3.05) is 24.6 Å². The quantitative estimate of drug-likeness (QED) is 0.844. The van der Waals surface area contributed by atoms with E-state index in [1.165, 1.54) is 19.3 Å². The molecular formula is C20H30N4O2. The van der Waals surface area contributed by atoms with Crippen LogP contribution < -0.4 is 10.2 Å². The molecule has 6 heteroatoms. The van der Waals surface area contributed by atoms with E-state index in [4.69, 9.17) is 0 Å². The third-order valence-electron chi connectivity index (χ3n) is 7.00. The summed E-state index contributed by atoms with van der Waals surface area (Å²) < 4.78 is 0. The van der Waals surface area contributed by atoms with Crippen molar-refractivity contribution in [3.05, 3.63) is 18.5 Å². The predicted molar refractivity (Wildman–Crippen MR) is 99.7 cm³/mol. The van der Waals surface area contributed by atoms with Crippen molar-refractivity contribution in [2.45, 2.75) is 63.8 Å². The van der Waals surface area contributed by atoms with Crippen LogP contribution in [-0.2, 0) is 4.79 Å². The first-order valence-electron chi connectivity index (χ1n) is 10.1. The van der Waals surface area contributed by atoms with Crippen molar-refractivity contribution in [3.63, 3.8) is 0 Å². The van der Waals surface area contributed by atoms with Gasteiger partial charge in [-0.05, 0) is 50.0 Å². The van der Waals surface area contributed by atoms with Crippen molar-refractivity contribution in [1.29, 1.82) is 0 Å². The van der Waals surface area contributed by atoms with Crippen LogP contribution >= 0.6 is 0 Å². The Morgan fingerprint density at radius 2 is 1.88 bits per heavy atom. The lowest BCUT2D eigenvalue weighted by atomic mass is 9.81. The maximum absolute atomic E-state index is 13.1. The van der Waals surface area contributed by atoms with Crippen LogP contribution in [0.1, 0.15) is 57.8 Å². The molecule has 142 valence electrons. The summed E-state index contributed by atoms with van der Waals surface area (Å²) in [5.41, 5.74) is -0.303. The number of hydrogen-bond acceptors (Lipinski definition) is 5. The van der Waals surface area contributed by atoms with Crippen LogP contribution in [0.2, 0.25) is 0 Å². The van der Waals surface area contributed by atoms with Gasteiger partial charge in [0.15, 0.2) is 0 Å². The minimum Gasteiger partial charge on any atom is -0.396 e. The summed E-state index contributed by atoms with van der Waals surface area (Å²) in [6.45, 7) is 1.85. The molecule has 2 N–H and O–H groups in total. The fourth-order valence-electron chi connectivity index (χ4n) is 5.33. The van der Waals surface area contributed by atoms with Crippen molar-refractivity contribution in [3.8, 4) is 0 Å². The Morgan fingerprint density at radius 3 is 2.54 bits per heavy atom. The molecule has 3 fully saturated rings. The molecule has 0 radical (unpaired) electrons. The smallest absolute Gasteiger partial charge is 0.227 e. The summed E-state index contributed by atoms with van der Waals surface area (Å²) in [7, 11) is 0. The molecule has 2 saturated carbocycles. The Kier molecular flexibility index (Phi) is 4.86. The molecule has 0 unspecified atom stereocenters. The van der Waals surface area contributed by atoms with Gasteiger partial charge in [-0.2, -0.15) is 0 Å². The van der Waals surface area contributed by atoms with E-state index in [-0.39, 0.29) is 23.3 Å². The largest absolute Gasteiger partial charge is 0.396 e. The number of anilines is 1. The van der Waals surface area contributed by atoms with Crippen LogP contribution in [0.4, 0.5) is 5.95 Å². The van der Waals surface area contributed by atoms with Gasteiger partial charge in [0.1, 0.15) is 0 Å². The SMILES string of the molecule is O=C(NC1CCCCC1)[C@@]1(CCO)CC12CCN(c1ncccn1)CC2. The lowest BCUT2D eigenvalue weighted by Crippen LogP contribution is -2.45. The average molecular weight is 358 g/mol. The topological polar surface area (TPSA) is 78.4 Å². The molecule has 1 spiro atoms. The Bertz CT molecular complexity index is 624. The molecule has 1 aromatic heterocycles. The van der Waals surface area contributed by atoms with Crippen LogP contribution in [0.25, 0.3) is 0 Å². The van der Waals surface area contributed by atoms with Gasteiger partial charge in [-0.1, -0.05) is 19.3 Å². The number of rotatable bonds is 5. The van der Waals surface area contributed by atoms with E-state index < -0.39 is 0 Å². The fourth-order valence-corrected chi connectivity index (χ4v) is 5.33. The van der Waals surface area contributed by atoms with E-state index in [0.29, 0.717) is 12.5 Å². The monoisotopic (exact) mass is 358 g/mol. The second kappa shape index (κ2) is 7.14. The van der Waals surface area contributed by atoms with Gasteiger partial charge in [0.2, 0.25) is 11.9 Å². The Labute approximate surface area is 155 Å². The number of aromatic nitrogens is 2. The van der Waals surface area contributed by atoms with Crippen LogP contribution in [0.15, 0.2) is 18.5 Å². The number of nitrogens with one attached hydrogen (secondary N) is 1. The Hall–Kier alpha value is -1.69.